The quantitative estimate of drug-likeness (QED) is 0.403. The van der Waals surface area contributed by atoms with Gasteiger partial charge in [-0.25, -0.2) is 12.8 Å². The Balaban J connectivity index is 1.34. The summed E-state index contributed by atoms with van der Waals surface area (Å²) < 4.78 is 61.5. The minimum atomic E-state index is -3.29. The van der Waals surface area contributed by atoms with Gasteiger partial charge in [0, 0.05) is 48.6 Å². The molecule has 1 aliphatic carbocycles. The van der Waals surface area contributed by atoms with Gasteiger partial charge in [0.05, 0.1) is 11.5 Å². The topological polar surface area (TPSA) is 71.1 Å². The average molecular weight is 499 g/mol. The minimum Gasteiger partial charge on any atom is -0.493 e. The molecule has 0 saturated carbocycles. The van der Waals surface area contributed by atoms with Gasteiger partial charge in [0.1, 0.15) is 34.9 Å². The summed E-state index contributed by atoms with van der Waals surface area (Å²) in [6.07, 6.45) is 2.83. The number of halogens is 1. The molecule has 1 heterocycles. The van der Waals surface area contributed by atoms with E-state index in [0.717, 1.165) is 29.6 Å². The molecule has 2 unspecified atom stereocenters. The Labute approximate surface area is 204 Å². The zero-order valence-corrected chi connectivity index (χ0v) is 20.4. The summed E-state index contributed by atoms with van der Waals surface area (Å²) in [5.74, 6) is 2.43. The van der Waals surface area contributed by atoms with Gasteiger partial charge >= 0.3 is 0 Å². The molecule has 0 N–H and O–H groups in total. The van der Waals surface area contributed by atoms with Crippen molar-refractivity contribution < 1.29 is 31.8 Å². The summed E-state index contributed by atoms with van der Waals surface area (Å²) in [6.45, 7) is 1.30. The van der Waals surface area contributed by atoms with Gasteiger partial charge in [-0.05, 0) is 61.7 Å². The van der Waals surface area contributed by atoms with Gasteiger partial charge in [-0.2, -0.15) is 0 Å². The lowest BCUT2D eigenvalue weighted by Crippen LogP contribution is -2.06. The summed E-state index contributed by atoms with van der Waals surface area (Å²) in [7, 11) is -1.60. The zero-order chi connectivity index (χ0) is 24.6. The number of fused-ring (bicyclic) bond motifs is 2. The van der Waals surface area contributed by atoms with Crippen molar-refractivity contribution in [2.45, 2.75) is 36.2 Å². The summed E-state index contributed by atoms with van der Waals surface area (Å²) in [5, 5.41) is 0. The highest BCUT2D eigenvalue weighted by Gasteiger charge is 2.32. The molecule has 0 bridgehead atoms. The minimum absolute atomic E-state index is 0.214. The summed E-state index contributed by atoms with van der Waals surface area (Å²) in [5.41, 5.74) is 2.40. The molecule has 35 heavy (non-hydrogen) atoms. The molecule has 0 amide bonds. The van der Waals surface area contributed by atoms with Gasteiger partial charge in [-0.1, -0.05) is 6.07 Å². The first-order valence-corrected chi connectivity index (χ1v) is 13.4. The maximum atomic E-state index is 14.9. The highest BCUT2D eigenvalue weighted by molar-refractivity contribution is 7.90. The third-order valence-electron chi connectivity index (χ3n) is 6.53. The molecule has 6 nitrogen and oxygen atoms in total. The van der Waals surface area contributed by atoms with Crippen LogP contribution < -0.4 is 14.2 Å². The fraction of sp³-hybridized carbons (Fsp3) is 0.333. The van der Waals surface area contributed by atoms with Gasteiger partial charge in [-0.15, -0.1) is 0 Å². The van der Waals surface area contributed by atoms with E-state index in [1.165, 1.54) is 18.2 Å². The lowest BCUT2D eigenvalue weighted by atomic mass is 9.98. The number of ether oxygens (including phenoxy) is 4. The Bertz CT molecular complexity index is 1340. The van der Waals surface area contributed by atoms with Gasteiger partial charge in [0.25, 0.3) is 0 Å². The van der Waals surface area contributed by atoms with E-state index in [2.05, 4.69) is 0 Å². The Morgan fingerprint density at radius 1 is 1.06 bits per heavy atom. The first kappa shape index (κ1) is 23.6. The predicted octanol–water partition coefficient (Wildman–Crippen LogP) is 5.60. The van der Waals surface area contributed by atoms with Gasteiger partial charge in [-0.3, -0.25) is 0 Å². The number of hydrogen-bond acceptors (Lipinski definition) is 6. The summed E-state index contributed by atoms with van der Waals surface area (Å²) in [6, 6.07) is 15.0. The second-order valence-corrected chi connectivity index (χ2v) is 10.9. The molecule has 1 aliphatic heterocycles. The molecular formula is C27H27FO6S. The van der Waals surface area contributed by atoms with E-state index in [-0.39, 0.29) is 10.7 Å². The van der Waals surface area contributed by atoms with Crippen molar-refractivity contribution in [3.05, 3.63) is 77.1 Å². The number of methoxy groups -OCH3 is 1. The maximum absolute atomic E-state index is 14.9. The van der Waals surface area contributed by atoms with Gasteiger partial charge in [0.15, 0.2) is 9.84 Å². The van der Waals surface area contributed by atoms with Crippen LogP contribution in [0.1, 0.15) is 41.6 Å². The molecule has 0 spiro atoms. The number of hydrogen-bond donors (Lipinski definition) is 0. The lowest BCUT2D eigenvalue weighted by molar-refractivity contribution is 0.181. The van der Waals surface area contributed by atoms with Gasteiger partial charge in [0.2, 0.25) is 0 Å². The molecule has 8 heteroatoms. The van der Waals surface area contributed by atoms with Crippen LogP contribution in [0.3, 0.4) is 0 Å². The number of rotatable bonds is 8. The van der Waals surface area contributed by atoms with E-state index in [4.69, 9.17) is 18.9 Å². The predicted molar refractivity (Wildman–Crippen MR) is 129 cm³/mol. The first-order chi connectivity index (χ1) is 16.8. The molecular weight excluding hydrogens is 471 g/mol. The first-order valence-electron chi connectivity index (χ1n) is 11.5. The van der Waals surface area contributed by atoms with E-state index < -0.39 is 15.9 Å². The number of benzene rings is 3. The van der Waals surface area contributed by atoms with Crippen LogP contribution in [0.2, 0.25) is 0 Å². The standard InChI is InChI=1S/C27H27FO6S/c1-31-14-13-17-16-32-26-15-19(5-8-21(17)26)34-25-11-9-22-24(12-10-23(28)27(22)25)33-18-3-6-20(7-4-18)35(2,29)30/h3-8,10,12,15,17,25H,9,11,13-14,16H2,1-2H3. The molecule has 3 aromatic carbocycles. The van der Waals surface area contributed by atoms with Crippen LogP contribution in [-0.2, 0) is 21.0 Å². The van der Waals surface area contributed by atoms with Crippen LogP contribution in [0.15, 0.2) is 59.5 Å². The average Bonchev–Trinajstić information content (AvgIpc) is 3.44. The molecule has 5 rings (SSSR count). The number of sulfone groups is 1. The molecule has 2 aliphatic rings. The van der Waals surface area contributed by atoms with Crippen LogP contribution in [0.25, 0.3) is 0 Å². The molecule has 3 aromatic rings. The van der Waals surface area contributed by atoms with E-state index >= 15 is 0 Å². The Morgan fingerprint density at radius 2 is 1.83 bits per heavy atom. The second kappa shape index (κ2) is 9.51. The van der Waals surface area contributed by atoms with E-state index in [0.29, 0.717) is 54.8 Å². The zero-order valence-electron chi connectivity index (χ0n) is 19.6. The Kier molecular flexibility index (Phi) is 6.42. The SMILES string of the molecule is COCCC1COc2cc(OC3CCc4c(Oc5ccc(S(C)(=O)=O)cc5)ccc(F)c43)ccc21. The monoisotopic (exact) mass is 498 g/mol. The third kappa shape index (κ3) is 4.86. The molecule has 0 radical (unpaired) electrons. The van der Waals surface area contributed by atoms with Crippen molar-refractivity contribution in [2.75, 3.05) is 26.6 Å². The highest BCUT2D eigenvalue weighted by Crippen LogP contribution is 2.44. The van der Waals surface area contributed by atoms with Crippen LogP contribution in [0.5, 0.6) is 23.0 Å². The van der Waals surface area contributed by atoms with Crippen LogP contribution in [-0.4, -0.2) is 35.0 Å². The second-order valence-electron chi connectivity index (χ2n) is 8.92. The molecule has 0 saturated heterocycles. The smallest absolute Gasteiger partial charge is 0.175 e. The molecule has 184 valence electrons. The largest absolute Gasteiger partial charge is 0.493 e. The summed E-state index contributed by atoms with van der Waals surface area (Å²) in [4.78, 5) is 0.214. The molecule has 0 fully saturated rings. The molecule has 2 atom stereocenters. The van der Waals surface area contributed by atoms with Crippen LogP contribution in [0.4, 0.5) is 4.39 Å². The normalized spacial score (nSPS) is 18.6. The summed E-state index contributed by atoms with van der Waals surface area (Å²) >= 11 is 0. The fourth-order valence-corrected chi connectivity index (χ4v) is 5.36. The molecule has 0 aromatic heterocycles. The lowest BCUT2D eigenvalue weighted by Gasteiger charge is -2.17. The van der Waals surface area contributed by atoms with Gasteiger partial charge < -0.3 is 18.9 Å². The van der Waals surface area contributed by atoms with E-state index in [1.807, 2.05) is 18.2 Å². The fourth-order valence-electron chi connectivity index (χ4n) is 4.73. The van der Waals surface area contributed by atoms with Crippen molar-refractivity contribution >= 4 is 9.84 Å². The van der Waals surface area contributed by atoms with E-state index in [9.17, 15) is 12.8 Å². The van der Waals surface area contributed by atoms with Crippen LogP contribution >= 0.6 is 0 Å². The van der Waals surface area contributed by atoms with Crippen molar-refractivity contribution in [1.29, 1.82) is 0 Å². The Hall–Kier alpha value is -3.10. The van der Waals surface area contributed by atoms with E-state index in [1.54, 1.807) is 25.3 Å². The maximum Gasteiger partial charge on any atom is 0.175 e. The van der Waals surface area contributed by atoms with Crippen molar-refractivity contribution in [2.24, 2.45) is 0 Å². The highest BCUT2D eigenvalue weighted by atomic mass is 32.2. The van der Waals surface area contributed by atoms with Crippen molar-refractivity contribution in [3.63, 3.8) is 0 Å². The van der Waals surface area contributed by atoms with Crippen LogP contribution in [0, 0.1) is 5.82 Å². The van der Waals surface area contributed by atoms with Crippen molar-refractivity contribution in [1.82, 2.24) is 0 Å². The van der Waals surface area contributed by atoms with Crippen molar-refractivity contribution in [3.8, 4) is 23.0 Å². The Morgan fingerprint density at radius 3 is 2.57 bits per heavy atom. The third-order valence-corrected chi connectivity index (χ3v) is 7.66.